The molecule has 1 aromatic carbocycles. The molecule has 0 unspecified atom stereocenters. The van der Waals surface area contributed by atoms with Crippen LogP contribution < -0.4 is 14.8 Å². The molecule has 1 aromatic rings. The number of methoxy groups -OCH3 is 2. The van der Waals surface area contributed by atoms with Gasteiger partial charge in [0.1, 0.15) is 0 Å². The van der Waals surface area contributed by atoms with Crippen LogP contribution in [0.4, 0.5) is 0 Å². The van der Waals surface area contributed by atoms with Gasteiger partial charge in [0, 0.05) is 6.04 Å². The van der Waals surface area contributed by atoms with Gasteiger partial charge in [0.25, 0.3) is 5.91 Å². The van der Waals surface area contributed by atoms with Gasteiger partial charge in [0.15, 0.2) is 27.9 Å². The van der Waals surface area contributed by atoms with Gasteiger partial charge in [-0.1, -0.05) is 0 Å². The molecule has 1 amide bonds. The van der Waals surface area contributed by atoms with E-state index in [4.69, 9.17) is 9.47 Å². The normalized spacial score (nSPS) is 18.7. The average Bonchev–Trinajstić information content (AvgIpc) is 2.90. The lowest BCUT2D eigenvalue weighted by Gasteiger charge is -2.13. The lowest BCUT2D eigenvalue weighted by atomic mass is 10.2. The fraction of sp³-hybridized carbons (Fsp3) is 0.467. The number of amides is 1. The van der Waals surface area contributed by atoms with Crippen molar-refractivity contribution in [1.29, 1.82) is 0 Å². The number of rotatable bonds is 6. The van der Waals surface area contributed by atoms with Gasteiger partial charge in [0.2, 0.25) is 0 Å². The smallest absolute Gasteiger partial charge is 0.337 e. The van der Waals surface area contributed by atoms with Gasteiger partial charge in [0.05, 0.1) is 31.3 Å². The minimum absolute atomic E-state index is 0.0457. The second-order valence-corrected chi connectivity index (χ2v) is 7.54. The minimum Gasteiger partial charge on any atom is -0.493 e. The van der Waals surface area contributed by atoms with Crippen molar-refractivity contribution in [1.82, 2.24) is 5.32 Å². The number of carbonyl (C=O) groups excluding carboxylic acids is 2. The molecule has 0 radical (unpaired) electrons. The van der Waals surface area contributed by atoms with Crippen LogP contribution in [0.3, 0.4) is 0 Å². The van der Waals surface area contributed by atoms with E-state index >= 15 is 0 Å². The summed E-state index contributed by atoms with van der Waals surface area (Å²) in [6, 6.07) is 4.06. The van der Waals surface area contributed by atoms with Gasteiger partial charge in [-0.15, -0.1) is 0 Å². The Bertz CT molecular complexity index is 729. The van der Waals surface area contributed by atoms with E-state index in [1.165, 1.54) is 32.4 Å². The molecule has 132 valence electrons. The monoisotopic (exact) mass is 357 g/mol. The van der Waals surface area contributed by atoms with E-state index in [9.17, 15) is 18.0 Å². The van der Waals surface area contributed by atoms with Crippen LogP contribution in [0.15, 0.2) is 18.2 Å². The summed E-state index contributed by atoms with van der Waals surface area (Å²) in [5.74, 6) is -0.318. The third-order valence-electron chi connectivity index (χ3n) is 3.54. The molecule has 0 aromatic heterocycles. The molecule has 1 N–H and O–H groups in total. The Morgan fingerprint density at radius 2 is 2.00 bits per heavy atom. The Hall–Kier alpha value is -2.29. The van der Waals surface area contributed by atoms with Crippen LogP contribution in [0.25, 0.3) is 0 Å². The molecule has 1 heterocycles. The standard InChI is InChI=1S/C15H19NO7S/c1-21-13-7-10(15(18)22-2)3-4-12(13)23-8-14(17)16-11-5-6-24(19,20)9-11/h3-4,7,11H,5-6,8-9H2,1-2H3,(H,16,17)/t11-/m1/s1. The van der Waals surface area contributed by atoms with Crippen molar-refractivity contribution in [3.63, 3.8) is 0 Å². The summed E-state index contributed by atoms with van der Waals surface area (Å²) < 4.78 is 37.8. The highest BCUT2D eigenvalue weighted by atomic mass is 32.2. The van der Waals surface area contributed by atoms with Crippen molar-refractivity contribution in [3.8, 4) is 11.5 Å². The van der Waals surface area contributed by atoms with Gasteiger partial charge in [-0.3, -0.25) is 4.79 Å². The van der Waals surface area contributed by atoms with Crippen LogP contribution in [0.1, 0.15) is 16.8 Å². The number of hydrogen-bond acceptors (Lipinski definition) is 7. The number of ether oxygens (including phenoxy) is 3. The molecule has 9 heteroatoms. The zero-order chi connectivity index (χ0) is 17.7. The number of sulfone groups is 1. The first-order chi connectivity index (χ1) is 11.3. The fourth-order valence-corrected chi connectivity index (χ4v) is 4.03. The van der Waals surface area contributed by atoms with Crippen LogP contribution in [0.5, 0.6) is 11.5 Å². The van der Waals surface area contributed by atoms with E-state index in [1.807, 2.05) is 0 Å². The summed E-state index contributed by atoms with van der Waals surface area (Å²) in [7, 11) is -0.374. The first-order valence-electron chi connectivity index (χ1n) is 7.23. The molecular weight excluding hydrogens is 338 g/mol. The van der Waals surface area contributed by atoms with E-state index in [2.05, 4.69) is 10.1 Å². The molecule has 2 rings (SSSR count). The maximum Gasteiger partial charge on any atom is 0.337 e. The van der Waals surface area contributed by atoms with Crippen molar-refractivity contribution in [3.05, 3.63) is 23.8 Å². The highest BCUT2D eigenvalue weighted by molar-refractivity contribution is 7.91. The Labute approximate surface area is 140 Å². The molecule has 24 heavy (non-hydrogen) atoms. The molecule has 8 nitrogen and oxygen atoms in total. The second-order valence-electron chi connectivity index (χ2n) is 5.31. The predicted molar refractivity (Wildman–Crippen MR) is 85.0 cm³/mol. The van der Waals surface area contributed by atoms with Crippen LogP contribution >= 0.6 is 0 Å². The highest BCUT2D eigenvalue weighted by Gasteiger charge is 2.29. The molecule has 1 atom stereocenters. The summed E-state index contributed by atoms with van der Waals surface area (Å²) >= 11 is 0. The van der Waals surface area contributed by atoms with Crippen LogP contribution in [0, 0.1) is 0 Å². The third-order valence-corrected chi connectivity index (χ3v) is 5.31. The quantitative estimate of drug-likeness (QED) is 0.723. The first-order valence-corrected chi connectivity index (χ1v) is 9.05. The van der Waals surface area contributed by atoms with Gasteiger partial charge < -0.3 is 19.5 Å². The predicted octanol–water partition coefficient (Wildman–Crippen LogP) is 0.164. The van der Waals surface area contributed by atoms with Crippen molar-refractivity contribution >= 4 is 21.7 Å². The molecule has 1 saturated heterocycles. The average molecular weight is 357 g/mol. The number of esters is 1. The lowest BCUT2D eigenvalue weighted by Crippen LogP contribution is -2.38. The van der Waals surface area contributed by atoms with E-state index in [0.717, 1.165) is 0 Å². The Morgan fingerprint density at radius 3 is 2.58 bits per heavy atom. The molecular formula is C15H19NO7S. The zero-order valence-electron chi connectivity index (χ0n) is 13.4. The molecule has 1 aliphatic heterocycles. The van der Waals surface area contributed by atoms with Gasteiger partial charge in [-0.2, -0.15) is 0 Å². The third kappa shape index (κ3) is 4.60. The molecule has 1 aliphatic rings. The molecule has 0 aliphatic carbocycles. The van der Waals surface area contributed by atoms with Gasteiger partial charge in [-0.25, -0.2) is 13.2 Å². The fourth-order valence-electron chi connectivity index (χ4n) is 2.35. The molecule has 0 saturated carbocycles. The number of nitrogens with one attached hydrogen (secondary N) is 1. The van der Waals surface area contributed by atoms with Crippen LogP contribution in [-0.4, -0.2) is 58.7 Å². The molecule has 1 fully saturated rings. The molecule has 0 spiro atoms. The number of carbonyl (C=O) groups is 2. The van der Waals surface area contributed by atoms with E-state index in [1.54, 1.807) is 0 Å². The van der Waals surface area contributed by atoms with E-state index in [0.29, 0.717) is 17.7 Å². The van der Waals surface area contributed by atoms with Crippen LogP contribution in [-0.2, 0) is 19.4 Å². The van der Waals surface area contributed by atoms with Crippen LogP contribution in [0.2, 0.25) is 0 Å². The van der Waals surface area contributed by atoms with Crippen molar-refractivity contribution in [2.75, 3.05) is 32.3 Å². The number of benzene rings is 1. The maximum atomic E-state index is 11.9. The number of hydrogen-bond donors (Lipinski definition) is 1. The Morgan fingerprint density at radius 1 is 1.25 bits per heavy atom. The van der Waals surface area contributed by atoms with Gasteiger partial charge >= 0.3 is 5.97 Å². The summed E-state index contributed by atoms with van der Waals surface area (Å²) in [5.41, 5.74) is 0.294. The van der Waals surface area contributed by atoms with Crippen molar-refractivity contribution in [2.45, 2.75) is 12.5 Å². The topological polar surface area (TPSA) is 108 Å². The van der Waals surface area contributed by atoms with Crippen molar-refractivity contribution < 1.29 is 32.2 Å². The molecule has 0 bridgehead atoms. The first kappa shape index (κ1) is 18.1. The Balaban J connectivity index is 1.93. The highest BCUT2D eigenvalue weighted by Crippen LogP contribution is 2.28. The van der Waals surface area contributed by atoms with E-state index in [-0.39, 0.29) is 29.9 Å². The largest absolute Gasteiger partial charge is 0.493 e. The Kier molecular flexibility index (Phi) is 5.66. The van der Waals surface area contributed by atoms with Gasteiger partial charge in [-0.05, 0) is 24.6 Å². The SMILES string of the molecule is COC(=O)c1ccc(OCC(=O)N[C@@H]2CCS(=O)(=O)C2)c(OC)c1. The van der Waals surface area contributed by atoms with Crippen molar-refractivity contribution in [2.24, 2.45) is 0 Å². The maximum absolute atomic E-state index is 11.9. The zero-order valence-corrected chi connectivity index (χ0v) is 14.2. The summed E-state index contributed by atoms with van der Waals surface area (Å²) in [5, 5.41) is 2.62. The summed E-state index contributed by atoms with van der Waals surface area (Å²) in [4.78, 5) is 23.3. The second kappa shape index (κ2) is 7.52. The van der Waals surface area contributed by atoms with E-state index < -0.39 is 21.7 Å². The minimum atomic E-state index is -3.05. The summed E-state index contributed by atoms with van der Waals surface area (Å²) in [6.45, 7) is -0.287. The lowest BCUT2D eigenvalue weighted by molar-refractivity contribution is -0.123. The summed E-state index contributed by atoms with van der Waals surface area (Å²) in [6.07, 6.45) is 0.408.